The number of thiazole rings is 1. The number of aryl methyl sites for hydroxylation is 1. The maximum atomic E-state index is 12.4. The minimum Gasteiger partial charge on any atom is -0.322 e. The number of nitro groups is 1. The number of hydrogen-bond acceptors (Lipinski definition) is 5. The molecule has 0 radical (unpaired) electrons. The summed E-state index contributed by atoms with van der Waals surface area (Å²) in [6, 6.07) is 11.9. The van der Waals surface area contributed by atoms with E-state index in [1.807, 2.05) is 17.5 Å². The summed E-state index contributed by atoms with van der Waals surface area (Å²) >= 11 is 1.53. The van der Waals surface area contributed by atoms with Crippen molar-refractivity contribution in [3.05, 3.63) is 75.3 Å². The van der Waals surface area contributed by atoms with Crippen molar-refractivity contribution in [3.8, 4) is 10.6 Å². The fourth-order valence-corrected chi connectivity index (χ4v) is 2.99. The van der Waals surface area contributed by atoms with Gasteiger partial charge in [-0.25, -0.2) is 4.98 Å². The number of para-hydroxylation sites is 1. The lowest BCUT2D eigenvalue weighted by atomic mass is 10.1. The van der Waals surface area contributed by atoms with Crippen LogP contribution in [0, 0.1) is 17.0 Å². The molecule has 1 amide bonds. The lowest BCUT2D eigenvalue weighted by Gasteiger charge is -2.07. The molecule has 0 spiro atoms. The molecule has 1 N–H and O–H groups in total. The molecular weight excluding hydrogens is 326 g/mol. The molecule has 0 saturated carbocycles. The number of amides is 1. The highest BCUT2D eigenvalue weighted by Crippen LogP contribution is 2.26. The number of carbonyl (C=O) groups excluding carboxylic acids is 1. The second-order valence-corrected chi connectivity index (χ2v) is 5.99. The highest BCUT2D eigenvalue weighted by molar-refractivity contribution is 7.13. The van der Waals surface area contributed by atoms with E-state index in [1.165, 1.54) is 17.4 Å². The third-order valence-corrected chi connectivity index (χ3v) is 4.31. The number of hydrogen-bond donors (Lipinski definition) is 1. The van der Waals surface area contributed by atoms with E-state index in [2.05, 4.69) is 10.3 Å². The molecule has 6 nitrogen and oxygen atoms in total. The Balaban J connectivity index is 1.83. The molecule has 0 fully saturated rings. The quantitative estimate of drug-likeness (QED) is 0.568. The molecule has 0 aliphatic carbocycles. The van der Waals surface area contributed by atoms with Crippen LogP contribution in [0.15, 0.2) is 54.0 Å². The minimum absolute atomic E-state index is 0.0454. The van der Waals surface area contributed by atoms with Crippen molar-refractivity contribution in [1.82, 2.24) is 4.98 Å². The van der Waals surface area contributed by atoms with Crippen LogP contribution in [0.5, 0.6) is 0 Å². The fraction of sp³-hybridized carbons (Fsp3) is 0.0588. The van der Waals surface area contributed by atoms with E-state index in [0.717, 1.165) is 10.6 Å². The fourth-order valence-electron chi connectivity index (χ4n) is 2.35. The van der Waals surface area contributed by atoms with Gasteiger partial charge < -0.3 is 5.32 Å². The minimum atomic E-state index is -0.532. The largest absolute Gasteiger partial charge is 0.322 e. The highest BCUT2D eigenvalue weighted by atomic mass is 32.1. The van der Waals surface area contributed by atoms with Crippen LogP contribution in [0.4, 0.5) is 11.4 Å². The van der Waals surface area contributed by atoms with Gasteiger partial charge in [0.1, 0.15) is 10.6 Å². The van der Waals surface area contributed by atoms with Crippen molar-refractivity contribution in [2.75, 3.05) is 5.32 Å². The van der Waals surface area contributed by atoms with E-state index < -0.39 is 10.8 Å². The Morgan fingerprint density at radius 1 is 1.21 bits per heavy atom. The molecule has 3 aromatic rings. The number of carbonyl (C=O) groups is 1. The number of nitro benzene ring substituents is 1. The van der Waals surface area contributed by atoms with Gasteiger partial charge in [-0.15, -0.1) is 11.3 Å². The number of anilines is 1. The second kappa shape index (κ2) is 6.59. The first-order valence-corrected chi connectivity index (χ1v) is 7.99. The molecule has 2 aromatic carbocycles. The molecule has 0 atom stereocenters. The van der Waals surface area contributed by atoms with Crippen molar-refractivity contribution >= 4 is 28.6 Å². The topological polar surface area (TPSA) is 85.1 Å². The summed E-state index contributed by atoms with van der Waals surface area (Å²) in [6.45, 7) is 1.61. The SMILES string of the molecule is Cc1cccc(C(=O)Nc2ccc(-c3nccs3)cc2)c1[N+](=O)[O-]. The number of aromatic nitrogens is 1. The van der Waals surface area contributed by atoms with E-state index in [0.29, 0.717) is 11.3 Å². The van der Waals surface area contributed by atoms with Crippen molar-refractivity contribution in [2.45, 2.75) is 6.92 Å². The lowest BCUT2D eigenvalue weighted by Crippen LogP contribution is -2.14. The zero-order valence-electron chi connectivity index (χ0n) is 12.7. The van der Waals surface area contributed by atoms with E-state index in [1.54, 1.807) is 37.4 Å². The summed E-state index contributed by atoms with van der Waals surface area (Å²) in [5.74, 6) is -0.507. The van der Waals surface area contributed by atoms with Crippen molar-refractivity contribution in [1.29, 1.82) is 0 Å². The Morgan fingerprint density at radius 3 is 2.58 bits per heavy atom. The van der Waals surface area contributed by atoms with Gasteiger partial charge in [-0.05, 0) is 37.3 Å². The predicted molar refractivity (Wildman–Crippen MR) is 93.3 cm³/mol. The van der Waals surface area contributed by atoms with Crippen LogP contribution >= 0.6 is 11.3 Å². The summed E-state index contributed by atoms with van der Waals surface area (Å²) < 4.78 is 0. The monoisotopic (exact) mass is 339 g/mol. The molecule has 3 rings (SSSR count). The van der Waals surface area contributed by atoms with Gasteiger partial charge >= 0.3 is 0 Å². The van der Waals surface area contributed by atoms with E-state index in [4.69, 9.17) is 0 Å². The van der Waals surface area contributed by atoms with Crippen LogP contribution in [0.25, 0.3) is 10.6 Å². The molecule has 0 saturated heterocycles. The van der Waals surface area contributed by atoms with Crippen molar-refractivity contribution < 1.29 is 9.72 Å². The zero-order valence-corrected chi connectivity index (χ0v) is 13.5. The first kappa shape index (κ1) is 15.8. The van der Waals surface area contributed by atoms with E-state index >= 15 is 0 Å². The first-order valence-electron chi connectivity index (χ1n) is 7.11. The standard InChI is InChI=1S/C17H13N3O3S/c1-11-3-2-4-14(15(11)20(22)23)16(21)19-13-7-5-12(6-8-13)17-18-9-10-24-17/h2-10H,1H3,(H,19,21). The van der Waals surface area contributed by atoms with Crippen LogP contribution in [-0.4, -0.2) is 15.8 Å². The molecule has 0 aliphatic rings. The van der Waals surface area contributed by atoms with Gasteiger partial charge in [-0.1, -0.05) is 12.1 Å². The van der Waals surface area contributed by atoms with Gasteiger partial charge in [0.05, 0.1) is 4.92 Å². The van der Waals surface area contributed by atoms with Gasteiger partial charge in [-0.2, -0.15) is 0 Å². The van der Waals surface area contributed by atoms with Gasteiger partial charge in [0.15, 0.2) is 0 Å². The average Bonchev–Trinajstić information content (AvgIpc) is 3.09. The Hall–Kier alpha value is -3.06. The molecular formula is C17H13N3O3S. The van der Waals surface area contributed by atoms with Gasteiger partial charge in [-0.3, -0.25) is 14.9 Å². The molecule has 0 unspecified atom stereocenters. The third kappa shape index (κ3) is 3.16. The van der Waals surface area contributed by atoms with E-state index in [-0.39, 0.29) is 11.3 Å². The normalized spacial score (nSPS) is 10.4. The van der Waals surface area contributed by atoms with Gasteiger partial charge in [0.25, 0.3) is 11.6 Å². The predicted octanol–water partition coefficient (Wildman–Crippen LogP) is 4.28. The molecule has 1 heterocycles. The highest BCUT2D eigenvalue weighted by Gasteiger charge is 2.22. The summed E-state index contributed by atoms with van der Waals surface area (Å²) in [4.78, 5) is 27.3. The molecule has 120 valence electrons. The van der Waals surface area contributed by atoms with Crippen molar-refractivity contribution in [3.63, 3.8) is 0 Å². The van der Waals surface area contributed by atoms with Crippen LogP contribution in [0.3, 0.4) is 0 Å². The first-order chi connectivity index (χ1) is 11.6. The summed E-state index contributed by atoms with van der Waals surface area (Å²) in [7, 11) is 0. The smallest absolute Gasteiger partial charge is 0.285 e. The van der Waals surface area contributed by atoms with Gasteiger partial charge in [0.2, 0.25) is 0 Å². The molecule has 0 bridgehead atoms. The third-order valence-electron chi connectivity index (χ3n) is 3.49. The number of benzene rings is 2. The molecule has 0 aliphatic heterocycles. The number of rotatable bonds is 4. The zero-order chi connectivity index (χ0) is 17.1. The molecule has 7 heteroatoms. The van der Waals surface area contributed by atoms with Crippen LogP contribution in [-0.2, 0) is 0 Å². The van der Waals surface area contributed by atoms with Crippen LogP contribution in [0.2, 0.25) is 0 Å². The lowest BCUT2D eigenvalue weighted by molar-refractivity contribution is -0.385. The number of nitrogens with one attached hydrogen (secondary N) is 1. The molecule has 24 heavy (non-hydrogen) atoms. The maximum Gasteiger partial charge on any atom is 0.285 e. The van der Waals surface area contributed by atoms with E-state index in [9.17, 15) is 14.9 Å². The van der Waals surface area contributed by atoms with Crippen LogP contribution in [0.1, 0.15) is 15.9 Å². The Kier molecular flexibility index (Phi) is 4.35. The van der Waals surface area contributed by atoms with Crippen molar-refractivity contribution in [2.24, 2.45) is 0 Å². The van der Waals surface area contributed by atoms with Gasteiger partial charge in [0, 0.05) is 28.4 Å². The Labute approximate surface area is 141 Å². The Bertz CT molecular complexity index is 890. The number of nitrogens with zero attached hydrogens (tertiary/aromatic N) is 2. The Morgan fingerprint density at radius 2 is 1.96 bits per heavy atom. The summed E-state index contributed by atoms with van der Waals surface area (Å²) in [5.41, 5.74) is 1.84. The summed E-state index contributed by atoms with van der Waals surface area (Å²) in [5, 5.41) is 16.7. The van der Waals surface area contributed by atoms with Crippen LogP contribution < -0.4 is 5.32 Å². The summed E-state index contributed by atoms with van der Waals surface area (Å²) in [6.07, 6.45) is 1.73. The second-order valence-electron chi connectivity index (χ2n) is 5.10. The maximum absolute atomic E-state index is 12.4. The molecule has 1 aromatic heterocycles. The average molecular weight is 339 g/mol.